The molecule has 0 saturated heterocycles. The maximum Gasteiger partial charge on any atom is 0.0834 e. The van der Waals surface area contributed by atoms with Gasteiger partial charge in [0.2, 0.25) is 0 Å². The summed E-state index contributed by atoms with van der Waals surface area (Å²) >= 11 is 0. The number of fused-ring (bicyclic) bond motifs is 1. The minimum Gasteiger partial charge on any atom is -0.388 e. The lowest BCUT2D eigenvalue weighted by Crippen LogP contribution is -2.40. The minimum atomic E-state index is -0.817. The van der Waals surface area contributed by atoms with Gasteiger partial charge in [0, 0.05) is 0 Å². The van der Waals surface area contributed by atoms with Gasteiger partial charge in [0.25, 0.3) is 0 Å². The maximum absolute atomic E-state index is 10.5. The lowest BCUT2D eigenvalue weighted by molar-refractivity contribution is 0.00572. The third kappa shape index (κ3) is 2.26. The molecule has 2 heteroatoms. The second kappa shape index (κ2) is 5.09. The van der Waals surface area contributed by atoms with Crippen molar-refractivity contribution in [2.24, 2.45) is 5.73 Å². The summed E-state index contributed by atoms with van der Waals surface area (Å²) in [6.45, 7) is 3.95. The van der Waals surface area contributed by atoms with E-state index in [2.05, 4.69) is 24.3 Å². The molecule has 0 bridgehead atoms. The van der Waals surface area contributed by atoms with Gasteiger partial charge in [-0.1, -0.05) is 50.2 Å². The van der Waals surface area contributed by atoms with Crippen LogP contribution in [0, 0.1) is 0 Å². The van der Waals surface area contributed by atoms with Crippen LogP contribution in [0.2, 0.25) is 0 Å². The van der Waals surface area contributed by atoms with Gasteiger partial charge in [-0.3, -0.25) is 0 Å². The highest BCUT2D eigenvalue weighted by atomic mass is 16.3. The number of rotatable bonds is 4. The zero-order valence-corrected chi connectivity index (χ0v) is 11.1. The predicted molar refractivity (Wildman–Crippen MR) is 76.4 cm³/mol. The van der Waals surface area contributed by atoms with E-state index in [-0.39, 0.29) is 6.04 Å². The average molecular weight is 243 g/mol. The molecule has 2 nitrogen and oxygen atoms in total. The second-order valence-electron chi connectivity index (χ2n) is 4.89. The molecule has 18 heavy (non-hydrogen) atoms. The summed E-state index contributed by atoms with van der Waals surface area (Å²) in [5.74, 6) is 0. The van der Waals surface area contributed by atoms with Crippen LogP contribution in [0.1, 0.15) is 38.3 Å². The lowest BCUT2D eigenvalue weighted by Gasteiger charge is -2.32. The van der Waals surface area contributed by atoms with Gasteiger partial charge in [0.15, 0.2) is 0 Å². The molecule has 0 radical (unpaired) electrons. The van der Waals surface area contributed by atoms with Crippen LogP contribution in [-0.2, 0) is 0 Å². The third-order valence-electron chi connectivity index (χ3n) is 3.94. The van der Waals surface area contributed by atoms with Crippen molar-refractivity contribution in [3.8, 4) is 0 Å². The van der Waals surface area contributed by atoms with Gasteiger partial charge in [-0.25, -0.2) is 0 Å². The van der Waals surface area contributed by atoms with Crippen molar-refractivity contribution in [3.63, 3.8) is 0 Å². The van der Waals surface area contributed by atoms with E-state index in [0.29, 0.717) is 12.8 Å². The molecule has 1 unspecified atom stereocenters. The van der Waals surface area contributed by atoms with E-state index >= 15 is 0 Å². The molecule has 0 fully saturated rings. The molecule has 3 N–H and O–H groups in total. The number of nitrogens with two attached hydrogens (primary N) is 1. The van der Waals surface area contributed by atoms with Crippen molar-refractivity contribution in [2.75, 3.05) is 0 Å². The summed E-state index contributed by atoms with van der Waals surface area (Å²) in [5.41, 5.74) is 6.42. The third-order valence-corrected chi connectivity index (χ3v) is 3.94. The van der Waals surface area contributed by atoms with E-state index < -0.39 is 5.60 Å². The van der Waals surface area contributed by atoms with Gasteiger partial charge >= 0.3 is 0 Å². The van der Waals surface area contributed by atoms with Crippen LogP contribution >= 0.6 is 0 Å². The molecule has 96 valence electrons. The molecular formula is C16H21NO. The Bertz CT molecular complexity index is 531. The Morgan fingerprint density at radius 3 is 2.28 bits per heavy atom. The Hall–Kier alpha value is -1.38. The molecule has 0 aliphatic rings. The first-order chi connectivity index (χ1) is 8.60. The molecule has 0 amide bonds. The van der Waals surface area contributed by atoms with Gasteiger partial charge in [-0.2, -0.15) is 0 Å². The quantitative estimate of drug-likeness (QED) is 0.864. The van der Waals surface area contributed by atoms with Crippen molar-refractivity contribution in [1.29, 1.82) is 0 Å². The van der Waals surface area contributed by atoms with Crippen LogP contribution in [0.25, 0.3) is 10.8 Å². The molecule has 0 aliphatic heterocycles. The van der Waals surface area contributed by atoms with Crippen LogP contribution in [0.15, 0.2) is 42.5 Å². The molecule has 0 spiro atoms. The largest absolute Gasteiger partial charge is 0.388 e. The summed E-state index contributed by atoms with van der Waals surface area (Å²) in [5, 5.41) is 12.9. The van der Waals surface area contributed by atoms with Crippen LogP contribution in [0.3, 0.4) is 0 Å². The highest BCUT2D eigenvalue weighted by Crippen LogP contribution is 2.31. The summed E-state index contributed by atoms with van der Waals surface area (Å²) in [4.78, 5) is 0. The maximum atomic E-state index is 10.5. The average Bonchev–Trinajstić information content (AvgIpc) is 2.45. The van der Waals surface area contributed by atoms with Gasteiger partial charge in [0.05, 0.1) is 11.6 Å². The van der Waals surface area contributed by atoms with E-state index in [0.717, 1.165) is 5.56 Å². The Labute approximate surface area is 108 Å². The molecule has 0 aliphatic carbocycles. The van der Waals surface area contributed by atoms with Crippen LogP contribution in [0.4, 0.5) is 0 Å². The molecular weight excluding hydrogens is 222 g/mol. The van der Waals surface area contributed by atoms with Crippen molar-refractivity contribution in [2.45, 2.75) is 38.3 Å². The molecule has 2 rings (SSSR count). The first-order valence-corrected chi connectivity index (χ1v) is 6.57. The zero-order chi connectivity index (χ0) is 13.2. The van der Waals surface area contributed by atoms with Crippen molar-refractivity contribution in [3.05, 3.63) is 48.0 Å². The Morgan fingerprint density at radius 2 is 1.67 bits per heavy atom. The minimum absolute atomic E-state index is 0.336. The lowest BCUT2D eigenvalue weighted by atomic mass is 9.84. The fourth-order valence-corrected chi connectivity index (χ4v) is 2.40. The summed E-state index contributed by atoms with van der Waals surface area (Å²) in [7, 11) is 0. The van der Waals surface area contributed by atoms with Gasteiger partial charge in [-0.05, 0) is 35.2 Å². The van der Waals surface area contributed by atoms with Crippen molar-refractivity contribution >= 4 is 10.8 Å². The number of benzene rings is 2. The fraction of sp³-hybridized carbons (Fsp3) is 0.375. The summed E-state index contributed by atoms with van der Waals surface area (Å²) in [6.07, 6.45) is 1.33. The van der Waals surface area contributed by atoms with Crippen molar-refractivity contribution in [1.82, 2.24) is 0 Å². The van der Waals surface area contributed by atoms with Gasteiger partial charge in [0.1, 0.15) is 0 Å². The molecule has 0 aromatic heterocycles. The molecule has 2 aromatic carbocycles. The Kier molecular flexibility index (Phi) is 3.69. The van der Waals surface area contributed by atoms with E-state index in [9.17, 15) is 5.11 Å². The molecule has 1 atom stereocenters. The van der Waals surface area contributed by atoms with Gasteiger partial charge < -0.3 is 10.8 Å². The SMILES string of the molecule is CCC(O)(CC)C(N)c1ccc2ccccc2c1. The highest BCUT2D eigenvalue weighted by molar-refractivity contribution is 5.83. The van der Waals surface area contributed by atoms with Crippen LogP contribution in [-0.4, -0.2) is 10.7 Å². The smallest absolute Gasteiger partial charge is 0.0834 e. The number of hydrogen-bond acceptors (Lipinski definition) is 2. The van der Waals surface area contributed by atoms with E-state index in [4.69, 9.17) is 5.73 Å². The predicted octanol–water partition coefficient (Wildman–Crippen LogP) is 3.39. The Balaban J connectivity index is 2.42. The standard InChI is InChI=1S/C16H21NO/c1-3-16(18,4-2)15(17)14-10-9-12-7-5-6-8-13(12)11-14/h5-11,15,18H,3-4,17H2,1-2H3. The molecule has 0 heterocycles. The normalized spacial score (nSPS) is 13.8. The number of hydrogen-bond donors (Lipinski definition) is 2. The molecule has 0 saturated carbocycles. The number of aliphatic hydroxyl groups is 1. The summed E-state index contributed by atoms with van der Waals surface area (Å²) in [6, 6.07) is 14.0. The first-order valence-electron chi connectivity index (χ1n) is 6.57. The molecule has 2 aromatic rings. The fourth-order valence-electron chi connectivity index (χ4n) is 2.40. The topological polar surface area (TPSA) is 46.2 Å². The van der Waals surface area contributed by atoms with E-state index in [1.54, 1.807) is 0 Å². The summed E-state index contributed by atoms with van der Waals surface area (Å²) < 4.78 is 0. The Morgan fingerprint density at radius 1 is 1.06 bits per heavy atom. The van der Waals surface area contributed by atoms with E-state index in [1.165, 1.54) is 10.8 Å². The monoisotopic (exact) mass is 243 g/mol. The van der Waals surface area contributed by atoms with Gasteiger partial charge in [-0.15, -0.1) is 0 Å². The second-order valence-corrected chi connectivity index (χ2v) is 4.89. The van der Waals surface area contributed by atoms with Crippen LogP contribution in [0.5, 0.6) is 0 Å². The van der Waals surface area contributed by atoms with Crippen molar-refractivity contribution < 1.29 is 5.11 Å². The highest BCUT2D eigenvalue weighted by Gasteiger charge is 2.31. The zero-order valence-electron chi connectivity index (χ0n) is 11.1. The first kappa shape index (κ1) is 13.1. The van der Waals surface area contributed by atoms with Crippen LogP contribution < -0.4 is 5.73 Å². The van der Waals surface area contributed by atoms with E-state index in [1.807, 2.05) is 32.0 Å².